The maximum absolute atomic E-state index is 12.6. The third-order valence-corrected chi connectivity index (χ3v) is 4.80. The first-order valence-electron chi connectivity index (χ1n) is 9.87. The molecule has 0 radical (unpaired) electrons. The minimum Gasteiger partial charge on any atom is -0.366 e. The van der Waals surface area contributed by atoms with Crippen molar-refractivity contribution in [3.8, 4) is 0 Å². The molecule has 0 aliphatic carbocycles. The monoisotopic (exact) mass is 381 g/mol. The minimum absolute atomic E-state index is 0.0775. The van der Waals surface area contributed by atoms with Crippen molar-refractivity contribution in [2.45, 2.75) is 52.6 Å². The lowest BCUT2D eigenvalue weighted by atomic mass is 9.94. The first-order valence-corrected chi connectivity index (χ1v) is 9.87. The molecule has 0 heterocycles. The van der Waals surface area contributed by atoms with Crippen LogP contribution in [-0.4, -0.2) is 17.9 Å². The molecule has 0 fully saturated rings. The highest BCUT2D eigenvalue weighted by Crippen LogP contribution is 2.23. The molecule has 0 saturated carbocycles. The van der Waals surface area contributed by atoms with E-state index >= 15 is 0 Å². The van der Waals surface area contributed by atoms with Crippen LogP contribution in [0.25, 0.3) is 0 Å². The van der Waals surface area contributed by atoms with Crippen molar-refractivity contribution >= 4 is 17.5 Å². The molecule has 4 N–H and O–H groups in total. The van der Waals surface area contributed by atoms with Gasteiger partial charge in [-0.15, -0.1) is 0 Å². The van der Waals surface area contributed by atoms with Crippen LogP contribution in [0, 0.1) is 5.92 Å². The molecule has 2 amide bonds. The highest BCUT2D eigenvalue weighted by Gasteiger charge is 2.22. The third kappa shape index (κ3) is 5.92. The average molecular weight is 382 g/mol. The van der Waals surface area contributed by atoms with E-state index < -0.39 is 5.91 Å². The van der Waals surface area contributed by atoms with Crippen molar-refractivity contribution in [1.82, 2.24) is 5.32 Å². The molecular weight excluding hydrogens is 350 g/mol. The van der Waals surface area contributed by atoms with Gasteiger partial charge in [0.15, 0.2) is 0 Å². The summed E-state index contributed by atoms with van der Waals surface area (Å²) in [5.41, 5.74) is 8.80. The topological polar surface area (TPSA) is 84.2 Å². The summed E-state index contributed by atoms with van der Waals surface area (Å²) in [7, 11) is 0. The molecule has 2 aromatic rings. The van der Waals surface area contributed by atoms with Crippen LogP contribution in [-0.2, 0) is 11.2 Å². The summed E-state index contributed by atoms with van der Waals surface area (Å²) in [4.78, 5) is 23.7. The van der Waals surface area contributed by atoms with Crippen molar-refractivity contribution in [3.05, 3.63) is 65.2 Å². The van der Waals surface area contributed by atoms with Crippen molar-refractivity contribution in [2.24, 2.45) is 11.7 Å². The van der Waals surface area contributed by atoms with Crippen LogP contribution in [0.3, 0.4) is 0 Å². The predicted octanol–water partition coefficient (Wildman–Crippen LogP) is 4.05. The molecule has 5 heteroatoms. The van der Waals surface area contributed by atoms with Gasteiger partial charge in [0.1, 0.15) is 0 Å². The van der Waals surface area contributed by atoms with Gasteiger partial charge >= 0.3 is 0 Å². The number of anilines is 1. The van der Waals surface area contributed by atoms with Crippen LogP contribution in [0.1, 0.15) is 61.6 Å². The molecule has 0 unspecified atom stereocenters. The van der Waals surface area contributed by atoms with Gasteiger partial charge < -0.3 is 11.1 Å². The van der Waals surface area contributed by atoms with Crippen LogP contribution in [0.5, 0.6) is 0 Å². The smallest absolute Gasteiger partial charge is 0.248 e. The van der Waals surface area contributed by atoms with Gasteiger partial charge in [0.2, 0.25) is 11.8 Å². The van der Waals surface area contributed by atoms with E-state index in [9.17, 15) is 9.59 Å². The minimum atomic E-state index is -0.488. The first kappa shape index (κ1) is 21.6. The molecule has 0 aliphatic rings. The van der Waals surface area contributed by atoms with Gasteiger partial charge in [0.25, 0.3) is 0 Å². The normalized spacial score (nSPS) is 13.2. The lowest BCUT2D eigenvalue weighted by Crippen LogP contribution is -2.41. The van der Waals surface area contributed by atoms with Crippen molar-refractivity contribution in [3.63, 3.8) is 0 Å². The highest BCUT2D eigenvalue weighted by atomic mass is 16.2. The van der Waals surface area contributed by atoms with Gasteiger partial charge in [0, 0.05) is 17.3 Å². The summed E-state index contributed by atoms with van der Waals surface area (Å²) in [6.07, 6.45) is 2.20. The Hall–Kier alpha value is -2.66. The maximum atomic E-state index is 12.6. The number of amides is 2. The number of hydrogen-bond acceptors (Lipinski definition) is 3. The van der Waals surface area contributed by atoms with Gasteiger partial charge in [-0.05, 0) is 54.7 Å². The number of benzene rings is 2. The van der Waals surface area contributed by atoms with Crippen LogP contribution < -0.4 is 16.4 Å². The summed E-state index contributed by atoms with van der Waals surface area (Å²) < 4.78 is 0. The maximum Gasteiger partial charge on any atom is 0.248 e. The van der Waals surface area contributed by atoms with E-state index in [0.29, 0.717) is 17.2 Å². The van der Waals surface area contributed by atoms with Gasteiger partial charge in [-0.1, -0.05) is 51.5 Å². The molecule has 150 valence electrons. The van der Waals surface area contributed by atoms with E-state index in [1.807, 2.05) is 6.92 Å². The Bertz CT molecular complexity index is 782. The number of nitrogens with two attached hydrogens (primary N) is 1. The molecule has 0 aromatic heterocycles. The zero-order valence-corrected chi connectivity index (χ0v) is 17.2. The Morgan fingerprint density at radius 3 is 2.07 bits per heavy atom. The number of rotatable bonds is 9. The quantitative estimate of drug-likeness (QED) is 0.612. The van der Waals surface area contributed by atoms with Crippen LogP contribution >= 0.6 is 0 Å². The Labute approximate surface area is 167 Å². The number of carbonyl (C=O) groups is 2. The van der Waals surface area contributed by atoms with E-state index in [1.54, 1.807) is 24.3 Å². The molecule has 0 saturated heterocycles. The number of carbonyl (C=O) groups excluding carboxylic acids is 2. The molecule has 2 atom stereocenters. The van der Waals surface area contributed by atoms with Gasteiger partial charge in [-0.25, -0.2) is 0 Å². The molecule has 5 nitrogen and oxygen atoms in total. The predicted molar refractivity (Wildman–Crippen MR) is 114 cm³/mol. The number of hydrogen-bond donors (Lipinski definition) is 3. The van der Waals surface area contributed by atoms with Gasteiger partial charge in [-0.2, -0.15) is 0 Å². The third-order valence-electron chi connectivity index (χ3n) is 4.80. The number of nitrogens with one attached hydrogen (secondary N) is 2. The van der Waals surface area contributed by atoms with E-state index in [1.165, 1.54) is 11.1 Å². The van der Waals surface area contributed by atoms with Crippen molar-refractivity contribution in [1.29, 1.82) is 0 Å². The van der Waals surface area contributed by atoms with Crippen LogP contribution in [0.15, 0.2) is 48.5 Å². The molecular formula is C23H31N3O2. The molecule has 28 heavy (non-hydrogen) atoms. The lowest BCUT2D eigenvalue weighted by Gasteiger charge is -2.26. The standard InChI is InChI=1S/C23H31N3O2/c1-5-6-17-7-9-18(10-8-17)21(15(2)3)25-16(4)23(28)26-20-13-11-19(12-14-20)22(24)27/h7-16,21,25H,5-6H2,1-4H3,(H2,24,27)(H,26,28)/t16-,21-/m1/s1. The SMILES string of the molecule is CCCc1ccc([C@H](N[C@H](C)C(=O)Nc2ccc(C(N)=O)cc2)C(C)C)cc1. The van der Waals surface area contributed by atoms with Gasteiger partial charge in [0.05, 0.1) is 6.04 Å². The number of aryl methyl sites for hydroxylation is 1. The van der Waals surface area contributed by atoms with Crippen LogP contribution in [0.2, 0.25) is 0 Å². The van der Waals surface area contributed by atoms with E-state index in [2.05, 4.69) is 55.7 Å². The second kappa shape index (κ2) is 10.0. The Morgan fingerprint density at radius 1 is 0.964 bits per heavy atom. The summed E-state index contributed by atoms with van der Waals surface area (Å²) >= 11 is 0. The largest absolute Gasteiger partial charge is 0.366 e. The van der Waals surface area contributed by atoms with Gasteiger partial charge in [-0.3, -0.25) is 14.9 Å². The molecule has 2 rings (SSSR count). The first-order chi connectivity index (χ1) is 13.3. The summed E-state index contributed by atoms with van der Waals surface area (Å²) in [5.74, 6) is -0.278. The van der Waals surface area contributed by atoms with E-state index in [4.69, 9.17) is 5.73 Å². The average Bonchev–Trinajstić information content (AvgIpc) is 2.67. The summed E-state index contributed by atoms with van der Waals surface area (Å²) in [6, 6.07) is 14.9. The Balaban J connectivity index is 2.03. The molecule has 0 bridgehead atoms. The Kier molecular flexibility index (Phi) is 7.76. The summed E-state index contributed by atoms with van der Waals surface area (Å²) in [5, 5.41) is 6.32. The second-order valence-electron chi connectivity index (χ2n) is 7.53. The molecule has 0 spiro atoms. The zero-order valence-electron chi connectivity index (χ0n) is 17.2. The molecule has 2 aromatic carbocycles. The fourth-order valence-corrected chi connectivity index (χ4v) is 3.17. The van der Waals surface area contributed by atoms with E-state index in [-0.39, 0.29) is 18.0 Å². The number of primary amides is 1. The second-order valence-corrected chi connectivity index (χ2v) is 7.53. The van der Waals surface area contributed by atoms with Crippen LogP contribution in [0.4, 0.5) is 5.69 Å². The highest BCUT2D eigenvalue weighted by molar-refractivity contribution is 5.96. The van der Waals surface area contributed by atoms with E-state index in [0.717, 1.165) is 12.8 Å². The fraction of sp³-hybridized carbons (Fsp3) is 0.391. The Morgan fingerprint density at radius 2 is 1.57 bits per heavy atom. The van der Waals surface area contributed by atoms with Crippen molar-refractivity contribution in [2.75, 3.05) is 5.32 Å². The fourth-order valence-electron chi connectivity index (χ4n) is 3.17. The van der Waals surface area contributed by atoms with Crippen molar-refractivity contribution < 1.29 is 9.59 Å². The summed E-state index contributed by atoms with van der Waals surface area (Å²) in [6.45, 7) is 8.32. The lowest BCUT2D eigenvalue weighted by molar-refractivity contribution is -0.118. The zero-order chi connectivity index (χ0) is 20.7. The molecule has 0 aliphatic heterocycles.